The number of aromatic amines is 1. The highest BCUT2D eigenvalue weighted by molar-refractivity contribution is 5.69. The smallest absolute Gasteiger partial charge is 0.305 e. The van der Waals surface area contributed by atoms with Crippen molar-refractivity contribution in [1.82, 2.24) is 20.2 Å². The molecular formula is C18H15N5O2. The molecule has 0 unspecified atom stereocenters. The van der Waals surface area contributed by atoms with Gasteiger partial charge in [0.25, 0.3) is 0 Å². The molecule has 7 nitrogen and oxygen atoms in total. The maximum atomic E-state index is 11.2. The monoisotopic (exact) mass is 333 g/mol. The molecular weight excluding hydrogens is 318 g/mol. The first-order valence-corrected chi connectivity index (χ1v) is 7.65. The highest BCUT2D eigenvalue weighted by Gasteiger charge is 2.09. The molecule has 2 aromatic heterocycles. The van der Waals surface area contributed by atoms with Gasteiger partial charge in [-0.25, -0.2) is 4.98 Å². The number of aryl methyl sites for hydroxylation is 1. The van der Waals surface area contributed by atoms with E-state index in [2.05, 4.69) is 31.0 Å². The summed E-state index contributed by atoms with van der Waals surface area (Å²) in [6.45, 7) is 0. The number of ether oxygens (including phenoxy) is 1. The number of H-pyrrole nitrogens is 1. The fourth-order valence-corrected chi connectivity index (χ4v) is 2.28. The molecule has 0 aliphatic heterocycles. The fourth-order valence-electron chi connectivity index (χ4n) is 2.28. The first kappa shape index (κ1) is 16.3. The lowest BCUT2D eigenvalue weighted by atomic mass is 10.1. The number of imidazole rings is 1. The molecule has 0 saturated carbocycles. The minimum Gasteiger partial charge on any atom is -0.469 e. The molecule has 25 heavy (non-hydrogen) atoms. The van der Waals surface area contributed by atoms with Gasteiger partial charge in [0.1, 0.15) is 5.69 Å². The molecule has 3 aromatic rings. The molecule has 3 rings (SSSR count). The molecule has 0 radical (unpaired) electrons. The van der Waals surface area contributed by atoms with E-state index < -0.39 is 0 Å². The van der Waals surface area contributed by atoms with Crippen LogP contribution in [0.15, 0.2) is 42.6 Å². The number of hydrogen-bond donors (Lipinski definition) is 1. The summed E-state index contributed by atoms with van der Waals surface area (Å²) in [5.41, 5.74) is 3.57. The third-order valence-electron chi connectivity index (χ3n) is 3.66. The number of carbonyl (C=O) groups is 1. The van der Waals surface area contributed by atoms with E-state index in [0.29, 0.717) is 29.2 Å². The summed E-state index contributed by atoms with van der Waals surface area (Å²) < 4.78 is 4.62. The van der Waals surface area contributed by atoms with E-state index in [1.165, 1.54) is 7.11 Å². The van der Waals surface area contributed by atoms with Gasteiger partial charge in [-0.05, 0) is 24.3 Å². The van der Waals surface area contributed by atoms with Crippen molar-refractivity contribution in [1.29, 1.82) is 5.26 Å². The normalized spacial score (nSPS) is 10.2. The average molecular weight is 333 g/mol. The van der Waals surface area contributed by atoms with E-state index in [1.54, 1.807) is 18.3 Å². The topological polar surface area (TPSA) is 105 Å². The van der Waals surface area contributed by atoms with E-state index >= 15 is 0 Å². The lowest BCUT2D eigenvalue weighted by molar-refractivity contribution is -0.140. The predicted octanol–water partition coefficient (Wildman–Crippen LogP) is 2.51. The highest BCUT2D eigenvalue weighted by Crippen LogP contribution is 2.19. The van der Waals surface area contributed by atoms with Crippen LogP contribution in [0.1, 0.15) is 17.7 Å². The van der Waals surface area contributed by atoms with Crippen LogP contribution >= 0.6 is 0 Å². The number of nitriles is 1. The van der Waals surface area contributed by atoms with Crippen LogP contribution in [0.4, 0.5) is 0 Å². The summed E-state index contributed by atoms with van der Waals surface area (Å²) in [6, 6.07) is 12.9. The van der Waals surface area contributed by atoms with Crippen molar-refractivity contribution in [2.24, 2.45) is 0 Å². The Kier molecular flexibility index (Phi) is 4.81. The number of esters is 1. The second kappa shape index (κ2) is 7.36. The maximum absolute atomic E-state index is 11.2. The van der Waals surface area contributed by atoms with Crippen LogP contribution in [-0.4, -0.2) is 33.2 Å². The third kappa shape index (κ3) is 3.87. The Balaban J connectivity index is 1.73. The summed E-state index contributed by atoms with van der Waals surface area (Å²) in [6.07, 6.45) is 2.53. The van der Waals surface area contributed by atoms with Crippen LogP contribution < -0.4 is 0 Å². The number of aromatic nitrogens is 4. The van der Waals surface area contributed by atoms with Gasteiger partial charge < -0.3 is 9.72 Å². The zero-order valence-corrected chi connectivity index (χ0v) is 13.6. The van der Waals surface area contributed by atoms with Crippen LogP contribution in [0, 0.1) is 11.3 Å². The Morgan fingerprint density at radius 3 is 2.52 bits per heavy atom. The summed E-state index contributed by atoms with van der Waals surface area (Å²) in [5.74, 6) is 0.329. The molecule has 1 N–H and O–H groups in total. The summed E-state index contributed by atoms with van der Waals surface area (Å²) in [5, 5.41) is 17.2. The van der Waals surface area contributed by atoms with E-state index in [9.17, 15) is 4.79 Å². The molecule has 1 aromatic carbocycles. The van der Waals surface area contributed by atoms with Crippen molar-refractivity contribution in [3.8, 4) is 28.8 Å². The van der Waals surface area contributed by atoms with Gasteiger partial charge in [-0.2, -0.15) is 5.26 Å². The molecule has 0 aliphatic carbocycles. The van der Waals surface area contributed by atoms with Crippen LogP contribution in [0.25, 0.3) is 22.8 Å². The molecule has 0 atom stereocenters. The molecule has 0 fully saturated rings. The molecule has 7 heteroatoms. The highest BCUT2D eigenvalue weighted by atomic mass is 16.5. The minimum atomic E-state index is -0.267. The van der Waals surface area contributed by atoms with Crippen LogP contribution in [0.5, 0.6) is 0 Å². The Labute approximate surface area is 144 Å². The van der Waals surface area contributed by atoms with Crippen molar-refractivity contribution < 1.29 is 9.53 Å². The molecule has 0 aliphatic rings. The molecule has 0 bridgehead atoms. The van der Waals surface area contributed by atoms with Gasteiger partial charge in [0.2, 0.25) is 0 Å². The predicted molar refractivity (Wildman–Crippen MR) is 90.1 cm³/mol. The number of benzene rings is 1. The Morgan fingerprint density at radius 1 is 1.16 bits per heavy atom. The van der Waals surface area contributed by atoms with E-state index in [4.69, 9.17) is 5.26 Å². The Morgan fingerprint density at radius 2 is 1.88 bits per heavy atom. The fraction of sp³-hybridized carbons (Fsp3) is 0.167. The van der Waals surface area contributed by atoms with Crippen LogP contribution in [0.2, 0.25) is 0 Å². The number of carbonyl (C=O) groups excluding carboxylic acids is 1. The number of rotatable bonds is 5. The summed E-state index contributed by atoms with van der Waals surface area (Å²) in [4.78, 5) is 18.6. The number of methoxy groups -OCH3 is 1. The molecule has 124 valence electrons. The minimum absolute atomic E-state index is 0.267. The van der Waals surface area contributed by atoms with Crippen molar-refractivity contribution >= 4 is 5.97 Å². The summed E-state index contributed by atoms with van der Waals surface area (Å²) >= 11 is 0. The lowest BCUT2D eigenvalue weighted by Crippen LogP contribution is -2.02. The van der Waals surface area contributed by atoms with Gasteiger partial charge in [0.15, 0.2) is 5.82 Å². The molecule has 0 amide bonds. The van der Waals surface area contributed by atoms with Crippen LogP contribution in [-0.2, 0) is 16.0 Å². The van der Waals surface area contributed by atoms with Crippen molar-refractivity contribution in [2.45, 2.75) is 12.8 Å². The zero-order valence-electron chi connectivity index (χ0n) is 13.6. The van der Waals surface area contributed by atoms with E-state index in [-0.39, 0.29) is 12.4 Å². The molecule has 2 heterocycles. The van der Waals surface area contributed by atoms with E-state index in [1.807, 2.05) is 24.3 Å². The van der Waals surface area contributed by atoms with Gasteiger partial charge in [-0.1, -0.05) is 12.1 Å². The number of hydrogen-bond acceptors (Lipinski definition) is 6. The second-order valence-corrected chi connectivity index (χ2v) is 5.31. The Bertz CT molecular complexity index is 908. The Hall–Kier alpha value is -3.53. The van der Waals surface area contributed by atoms with Gasteiger partial charge in [0, 0.05) is 18.2 Å². The van der Waals surface area contributed by atoms with Gasteiger partial charge in [-0.15, -0.1) is 10.2 Å². The SMILES string of the molecule is COC(=O)CCc1c[nH]c(-c2ccc(-c3ccc(C#N)cc3)nn2)n1. The number of nitrogens with one attached hydrogen (secondary N) is 1. The average Bonchev–Trinajstić information content (AvgIpc) is 3.15. The van der Waals surface area contributed by atoms with Crippen molar-refractivity contribution in [3.05, 3.63) is 53.9 Å². The van der Waals surface area contributed by atoms with Gasteiger partial charge >= 0.3 is 5.97 Å². The number of nitrogens with zero attached hydrogens (tertiary/aromatic N) is 4. The van der Waals surface area contributed by atoms with Gasteiger partial charge in [0.05, 0.1) is 36.6 Å². The first-order valence-electron chi connectivity index (χ1n) is 7.65. The zero-order chi connectivity index (χ0) is 17.6. The molecule has 0 saturated heterocycles. The quantitative estimate of drug-likeness (QED) is 0.719. The second-order valence-electron chi connectivity index (χ2n) is 5.31. The third-order valence-corrected chi connectivity index (χ3v) is 3.66. The van der Waals surface area contributed by atoms with Crippen molar-refractivity contribution in [2.75, 3.05) is 7.11 Å². The first-order chi connectivity index (χ1) is 12.2. The van der Waals surface area contributed by atoms with Gasteiger partial charge in [-0.3, -0.25) is 4.79 Å². The summed E-state index contributed by atoms with van der Waals surface area (Å²) in [7, 11) is 1.36. The van der Waals surface area contributed by atoms with Crippen LogP contribution in [0.3, 0.4) is 0 Å². The van der Waals surface area contributed by atoms with E-state index in [0.717, 1.165) is 11.3 Å². The largest absolute Gasteiger partial charge is 0.469 e. The molecule has 0 spiro atoms. The lowest BCUT2D eigenvalue weighted by Gasteiger charge is -2.01. The maximum Gasteiger partial charge on any atom is 0.305 e. The van der Waals surface area contributed by atoms with Crippen molar-refractivity contribution in [3.63, 3.8) is 0 Å². The standard InChI is InChI=1S/C18H15N5O2/c1-25-17(24)9-6-14-11-20-18(21-14)16-8-7-15(22-23-16)13-4-2-12(10-19)3-5-13/h2-5,7-8,11H,6,9H2,1H3,(H,20,21).